The molecule has 8 bridgehead atoms. The predicted octanol–water partition coefficient (Wildman–Crippen LogP) is 10.9. The Labute approximate surface area is 350 Å². The Morgan fingerprint density at radius 2 is 0.807 bits per heavy atom. The van der Waals surface area contributed by atoms with Gasteiger partial charge in [-0.25, -0.2) is 0 Å². The summed E-state index contributed by atoms with van der Waals surface area (Å²) in [5.41, 5.74) is 8.04. The number of rotatable bonds is 10. The third-order valence-electron chi connectivity index (χ3n) is 14.4. The van der Waals surface area contributed by atoms with E-state index >= 15 is 0 Å². The van der Waals surface area contributed by atoms with Gasteiger partial charge in [0.15, 0.2) is 0 Å². The van der Waals surface area contributed by atoms with E-state index in [1.54, 1.807) is 0 Å². The van der Waals surface area contributed by atoms with Gasteiger partial charge in [-0.2, -0.15) is 0 Å². The number of fused-ring (bicyclic) bond motifs is 4. The van der Waals surface area contributed by atoms with Crippen LogP contribution in [0.15, 0.2) is 139 Å². The molecule has 7 rings (SSSR count). The largest absolute Gasteiger partial charge is 2.00 e. The molecule has 5 aliphatic heterocycles. The van der Waals surface area contributed by atoms with Crippen molar-refractivity contribution in [3.63, 3.8) is 0 Å². The van der Waals surface area contributed by atoms with E-state index in [0.29, 0.717) is 35.1 Å². The first kappa shape index (κ1) is 42.3. The molecule has 0 unspecified atom stereocenters. The van der Waals surface area contributed by atoms with Crippen LogP contribution in [0.3, 0.4) is 0 Å². The summed E-state index contributed by atoms with van der Waals surface area (Å²) in [5.74, 6) is -0.0185. The molecular weight excluding hydrogens is 747 g/mol. The molecule has 5 heterocycles. The minimum Gasteiger partial charge on any atom is -0.872 e. The second-order valence-electron chi connectivity index (χ2n) is 16.1. The van der Waals surface area contributed by atoms with Crippen LogP contribution in [0.25, 0.3) is 11.5 Å². The minimum atomic E-state index is -0.606. The fraction of sp³-hybridized carbons (Fsp3) is 0.440. The maximum Gasteiger partial charge on any atom is 2.00 e. The van der Waals surface area contributed by atoms with Crippen LogP contribution in [-0.4, -0.2) is 22.8 Å². The number of benzene rings is 2. The van der Waals surface area contributed by atoms with E-state index in [1.165, 1.54) is 0 Å². The van der Waals surface area contributed by atoms with E-state index in [9.17, 15) is 10.2 Å². The van der Waals surface area contributed by atoms with Gasteiger partial charge in [0.05, 0.1) is 44.5 Å². The Bertz CT molecular complexity index is 2190. The monoisotopic (exact) mass is 804 g/mol. The van der Waals surface area contributed by atoms with Crippen molar-refractivity contribution in [2.45, 2.75) is 120 Å². The molecule has 57 heavy (non-hydrogen) atoms. The van der Waals surface area contributed by atoms with E-state index in [-0.39, 0.29) is 28.0 Å². The first-order valence-corrected chi connectivity index (χ1v) is 21.3. The van der Waals surface area contributed by atoms with E-state index in [0.717, 1.165) is 97.0 Å². The summed E-state index contributed by atoms with van der Waals surface area (Å²) in [7, 11) is 0. The number of nitrogens with zero attached hydrogens (tertiary/aromatic N) is 4. The molecule has 0 spiro atoms. The zero-order valence-electron chi connectivity index (χ0n) is 35.1. The van der Waals surface area contributed by atoms with Crippen LogP contribution in [-0.2, 0) is 16.5 Å². The molecule has 0 aliphatic carbocycles. The topological polar surface area (TPSA) is 95.6 Å². The number of aliphatic imine (C=N–C) groups is 4. The van der Waals surface area contributed by atoms with Crippen LogP contribution in [0, 0.1) is 21.7 Å². The molecule has 0 fully saturated rings. The average Bonchev–Trinajstić information content (AvgIpc) is 4.10. The zero-order valence-corrected chi connectivity index (χ0v) is 36.1. The van der Waals surface area contributed by atoms with Gasteiger partial charge >= 0.3 is 16.5 Å². The minimum absolute atomic E-state index is 0. The second kappa shape index (κ2) is 16.5. The van der Waals surface area contributed by atoms with Gasteiger partial charge in [-0.1, -0.05) is 140 Å². The Morgan fingerprint density at radius 3 is 1.21 bits per heavy atom. The molecule has 0 radical (unpaired) electrons. The molecule has 2 aromatic carbocycles. The van der Waals surface area contributed by atoms with Crippen molar-refractivity contribution in [3.8, 4) is 0 Å². The van der Waals surface area contributed by atoms with Crippen LogP contribution >= 0.6 is 0 Å². The van der Waals surface area contributed by atoms with Crippen molar-refractivity contribution in [2.24, 2.45) is 41.6 Å². The number of hydrogen-bond donors (Lipinski definition) is 0. The summed E-state index contributed by atoms with van der Waals surface area (Å²) in [6.45, 7) is 17.7. The van der Waals surface area contributed by atoms with Gasteiger partial charge in [0.1, 0.15) is 0 Å². The van der Waals surface area contributed by atoms with Crippen LogP contribution in [0.4, 0.5) is 0 Å². The van der Waals surface area contributed by atoms with Gasteiger partial charge in [-0.3, -0.25) is 20.0 Å². The van der Waals surface area contributed by atoms with Crippen LogP contribution in [0.1, 0.15) is 131 Å². The molecule has 0 atom stereocenters. The Kier molecular flexibility index (Phi) is 12.2. The third-order valence-corrected chi connectivity index (χ3v) is 14.4. The smallest absolute Gasteiger partial charge is 0.872 e. The van der Waals surface area contributed by atoms with Crippen molar-refractivity contribution >= 4 is 34.4 Å². The van der Waals surface area contributed by atoms with Crippen molar-refractivity contribution < 1.29 is 26.7 Å². The second-order valence-corrected chi connectivity index (χ2v) is 16.1. The first-order valence-electron chi connectivity index (χ1n) is 21.3. The zero-order chi connectivity index (χ0) is 39.9. The molecule has 6 nitrogen and oxygen atoms in total. The summed E-state index contributed by atoms with van der Waals surface area (Å²) in [4.78, 5) is 22.6. The van der Waals surface area contributed by atoms with Crippen molar-refractivity contribution in [1.29, 1.82) is 0 Å². The summed E-state index contributed by atoms with van der Waals surface area (Å²) >= 11 is 0. The SMILES string of the molecule is CCC1(CC)C2=CCC(=N2)C(CC)(CC)C2=C/C(=C(/[O-])c3ccccc3)C(=N2)C(CC)(CC)C2=CCC(=N2)C(CC)(CC)C2=NC1=C/C2=C(/[O-])c1ccccc1.[Ni+2]. The van der Waals surface area contributed by atoms with Crippen molar-refractivity contribution in [2.75, 3.05) is 0 Å². The Balaban J connectivity index is 0.00000549. The van der Waals surface area contributed by atoms with Gasteiger partial charge in [-0.15, -0.1) is 0 Å². The predicted molar refractivity (Wildman–Crippen MR) is 230 cm³/mol. The van der Waals surface area contributed by atoms with E-state index < -0.39 is 21.7 Å². The fourth-order valence-electron chi connectivity index (χ4n) is 10.4. The Hall–Kier alpha value is -4.35. The maximum atomic E-state index is 14.7. The number of allylic oxidation sites excluding steroid dienone is 8. The molecule has 300 valence electrons. The molecule has 5 aliphatic rings. The van der Waals surface area contributed by atoms with Gasteiger partial charge in [0.25, 0.3) is 0 Å². The third kappa shape index (κ3) is 6.35. The first-order chi connectivity index (χ1) is 27.1. The van der Waals surface area contributed by atoms with Gasteiger partial charge in [0.2, 0.25) is 0 Å². The van der Waals surface area contributed by atoms with Crippen molar-refractivity contribution in [1.82, 2.24) is 0 Å². The van der Waals surface area contributed by atoms with Gasteiger partial charge < -0.3 is 10.2 Å². The average molecular weight is 806 g/mol. The molecule has 0 aromatic heterocycles. The quantitative estimate of drug-likeness (QED) is 0.177. The fourth-order valence-corrected chi connectivity index (χ4v) is 10.4. The summed E-state index contributed by atoms with van der Waals surface area (Å²) < 4.78 is 0. The van der Waals surface area contributed by atoms with E-state index in [1.807, 2.05) is 60.7 Å². The molecule has 0 saturated heterocycles. The number of hydrogen-bond acceptors (Lipinski definition) is 6. The van der Waals surface area contributed by atoms with Crippen LogP contribution < -0.4 is 10.2 Å². The molecule has 0 N–H and O–H groups in total. The van der Waals surface area contributed by atoms with Gasteiger partial charge in [0, 0.05) is 35.7 Å². The summed E-state index contributed by atoms with van der Waals surface area (Å²) in [6.07, 6.45) is 16.2. The van der Waals surface area contributed by atoms with Gasteiger partial charge in [-0.05, 0) is 85.8 Å². The van der Waals surface area contributed by atoms with Crippen molar-refractivity contribution in [3.05, 3.63) is 130 Å². The summed E-state index contributed by atoms with van der Waals surface area (Å²) in [5, 5.41) is 29.5. The maximum absolute atomic E-state index is 14.7. The normalized spacial score (nSPS) is 22.9. The molecule has 0 saturated carbocycles. The molecule has 2 aromatic rings. The molecule has 0 amide bonds. The Morgan fingerprint density at radius 1 is 0.456 bits per heavy atom. The molecule has 7 heteroatoms. The standard InChI is InChI=1S/C50H60N4O2.Ni/c1-9-47(10-2)37-27-28-38(51-37)48(11-3,12-4)42-32-36(44(56)34-25-21-18-22-26-34)46(54-42)50(15-7,16-8)40-30-29-39(52-40)49(13-5,14-6)45-35(31-41(47)53-45)43(55)33-23-19-17-20-24-33;/h17-27,30-32,55-56H,9-16,28-29H2,1-8H3;/q;+2/p-2/b43-35-,44-36-;. The van der Waals surface area contributed by atoms with Crippen LogP contribution in [0.5, 0.6) is 0 Å². The van der Waals surface area contributed by atoms with Crippen LogP contribution in [0.2, 0.25) is 0 Å². The van der Waals surface area contributed by atoms with E-state index in [4.69, 9.17) is 20.0 Å². The van der Waals surface area contributed by atoms with E-state index in [2.05, 4.69) is 79.7 Å². The summed E-state index contributed by atoms with van der Waals surface area (Å²) in [6, 6.07) is 19.3. The molecular formula is C50H58N4NiO2.